The second kappa shape index (κ2) is 4.11. The summed E-state index contributed by atoms with van der Waals surface area (Å²) in [4.78, 5) is 4.33. The number of hydrogen-bond donors (Lipinski definition) is 0. The largest absolute Gasteiger partial charge is 0.441 e. The molecule has 0 bridgehead atoms. The highest BCUT2D eigenvalue weighted by molar-refractivity contribution is 9.10. The van der Waals surface area contributed by atoms with E-state index in [1.54, 1.807) is 7.11 Å². The van der Waals surface area contributed by atoms with Crippen LogP contribution < -0.4 is 0 Å². The normalized spacial score (nSPS) is 11.0. The zero-order valence-electron chi connectivity index (χ0n) is 7.79. The van der Waals surface area contributed by atoms with Gasteiger partial charge in [0.1, 0.15) is 5.52 Å². The predicted octanol–water partition coefficient (Wildman–Crippen LogP) is 2.78. The van der Waals surface area contributed by atoms with Crippen LogP contribution in [0.1, 0.15) is 5.89 Å². The summed E-state index contributed by atoms with van der Waals surface area (Å²) in [5, 5.41) is 0. The van der Waals surface area contributed by atoms with E-state index >= 15 is 0 Å². The van der Waals surface area contributed by atoms with Gasteiger partial charge in [-0.1, -0.05) is 15.9 Å². The van der Waals surface area contributed by atoms with Crippen LogP contribution in [0.2, 0.25) is 0 Å². The molecule has 0 radical (unpaired) electrons. The third kappa shape index (κ3) is 1.96. The van der Waals surface area contributed by atoms with Crippen LogP contribution in [0.15, 0.2) is 27.1 Å². The van der Waals surface area contributed by atoms with Crippen LogP contribution in [-0.2, 0) is 11.2 Å². The molecule has 0 aliphatic rings. The zero-order chi connectivity index (χ0) is 9.97. The van der Waals surface area contributed by atoms with Crippen LogP contribution in [0.5, 0.6) is 0 Å². The second-order valence-electron chi connectivity index (χ2n) is 2.96. The molecule has 0 saturated carbocycles. The van der Waals surface area contributed by atoms with Gasteiger partial charge in [0.05, 0.1) is 6.61 Å². The van der Waals surface area contributed by atoms with Crippen molar-refractivity contribution in [3.63, 3.8) is 0 Å². The third-order valence-corrected chi connectivity index (χ3v) is 2.41. The Kier molecular flexibility index (Phi) is 2.84. The highest BCUT2D eigenvalue weighted by Gasteiger charge is 2.05. The first-order valence-corrected chi connectivity index (χ1v) is 5.13. The van der Waals surface area contributed by atoms with Crippen molar-refractivity contribution in [1.82, 2.24) is 4.98 Å². The van der Waals surface area contributed by atoms with Gasteiger partial charge >= 0.3 is 0 Å². The average Bonchev–Trinajstić information content (AvgIpc) is 2.56. The summed E-state index contributed by atoms with van der Waals surface area (Å²) < 4.78 is 11.5. The Bertz CT molecular complexity index is 439. The molecular weight excluding hydrogens is 246 g/mol. The zero-order valence-corrected chi connectivity index (χ0v) is 9.37. The number of methoxy groups -OCH3 is 1. The quantitative estimate of drug-likeness (QED) is 0.846. The first kappa shape index (κ1) is 9.68. The van der Waals surface area contributed by atoms with Gasteiger partial charge < -0.3 is 9.15 Å². The molecule has 0 N–H and O–H groups in total. The molecule has 74 valence electrons. The van der Waals surface area contributed by atoms with E-state index in [0.717, 1.165) is 21.5 Å². The predicted molar refractivity (Wildman–Crippen MR) is 57.3 cm³/mol. The molecule has 2 rings (SSSR count). The van der Waals surface area contributed by atoms with Crippen LogP contribution in [0.4, 0.5) is 0 Å². The van der Waals surface area contributed by atoms with Crippen LogP contribution in [0, 0.1) is 0 Å². The van der Waals surface area contributed by atoms with Gasteiger partial charge in [0.2, 0.25) is 0 Å². The van der Waals surface area contributed by atoms with E-state index < -0.39 is 0 Å². The Hall–Kier alpha value is -0.870. The molecule has 4 heteroatoms. The molecule has 0 saturated heterocycles. The van der Waals surface area contributed by atoms with Gasteiger partial charge in [-0.2, -0.15) is 0 Å². The molecule has 0 aliphatic heterocycles. The monoisotopic (exact) mass is 255 g/mol. The molecule has 0 unspecified atom stereocenters. The SMILES string of the molecule is COCCc1nc2cc(Br)ccc2o1. The average molecular weight is 256 g/mol. The topological polar surface area (TPSA) is 35.3 Å². The van der Waals surface area contributed by atoms with E-state index in [1.807, 2.05) is 18.2 Å². The molecule has 0 fully saturated rings. The lowest BCUT2D eigenvalue weighted by atomic mass is 10.3. The molecule has 1 aromatic carbocycles. The smallest absolute Gasteiger partial charge is 0.197 e. The molecule has 0 aliphatic carbocycles. The van der Waals surface area contributed by atoms with Gasteiger partial charge in [-0.05, 0) is 18.2 Å². The lowest BCUT2D eigenvalue weighted by Gasteiger charge is -1.91. The Morgan fingerprint density at radius 3 is 3.14 bits per heavy atom. The van der Waals surface area contributed by atoms with Crippen molar-refractivity contribution in [3.05, 3.63) is 28.6 Å². The van der Waals surface area contributed by atoms with Crippen molar-refractivity contribution >= 4 is 27.0 Å². The molecular formula is C10H10BrNO2. The molecule has 3 nitrogen and oxygen atoms in total. The number of ether oxygens (including phenoxy) is 1. The number of rotatable bonds is 3. The van der Waals surface area contributed by atoms with Gasteiger partial charge in [-0.25, -0.2) is 4.98 Å². The lowest BCUT2D eigenvalue weighted by molar-refractivity contribution is 0.196. The van der Waals surface area contributed by atoms with E-state index in [1.165, 1.54) is 0 Å². The molecule has 1 aromatic heterocycles. The first-order valence-electron chi connectivity index (χ1n) is 4.33. The van der Waals surface area contributed by atoms with Crippen molar-refractivity contribution in [2.45, 2.75) is 6.42 Å². The van der Waals surface area contributed by atoms with Gasteiger partial charge in [0, 0.05) is 18.0 Å². The molecule has 0 spiro atoms. The van der Waals surface area contributed by atoms with E-state index in [-0.39, 0.29) is 0 Å². The van der Waals surface area contributed by atoms with Crippen LogP contribution in [0.3, 0.4) is 0 Å². The standard InChI is InChI=1S/C10H10BrNO2/c1-13-5-4-10-12-8-6-7(11)2-3-9(8)14-10/h2-3,6H,4-5H2,1H3. The van der Waals surface area contributed by atoms with Crippen molar-refractivity contribution in [3.8, 4) is 0 Å². The lowest BCUT2D eigenvalue weighted by Crippen LogP contribution is -1.93. The van der Waals surface area contributed by atoms with Crippen molar-refractivity contribution in [2.75, 3.05) is 13.7 Å². The van der Waals surface area contributed by atoms with Gasteiger partial charge in [-0.15, -0.1) is 0 Å². The fourth-order valence-electron chi connectivity index (χ4n) is 1.24. The maximum Gasteiger partial charge on any atom is 0.197 e. The number of fused-ring (bicyclic) bond motifs is 1. The number of benzene rings is 1. The van der Waals surface area contributed by atoms with Crippen molar-refractivity contribution < 1.29 is 9.15 Å². The fourth-order valence-corrected chi connectivity index (χ4v) is 1.59. The number of halogens is 1. The Balaban J connectivity index is 2.32. The van der Waals surface area contributed by atoms with E-state index in [2.05, 4.69) is 20.9 Å². The third-order valence-electron chi connectivity index (χ3n) is 1.91. The van der Waals surface area contributed by atoms with Crippen LogP contribution in [0.25, 0.3) is 11.1 Å². The minimum atomic E-state index is 0.633. The van der Waals surface area contributed by atoms with E-state index in [9.17, 15) is 0 Å². The maximum absolute atomic E-state index is 5.51. The summed E-state index contributed by atoms with van der Waals surface area (Å²) in [7, 11) is 1.67. The summed E-state index contributed by atoms with van der Waals surface area (Å²) in [6.45, 7) is 0.633. The van der Waals surface area contributed by atoms with Crippen molar-refractivity contribution in [1.29, 1.82) is 0 Å². The van der Waals surface area contributed by atoms with Gasteiger partial charge in [0.25, 0.3) is 0 Å². The Morgan fingerprint density at radius 1 is 1.50 bits per heavy atom. The van der Waals surface area contributed by atoms with Gasteiger partial charge in [-0.3, -0.25) is 0 Å². The van der Waals surface area contributed by atoms with Crippen molar-refractivity contribution in [2.24, 2.45) is 0 Å². The first-order chi connectivity index (χ1) is 6.79. The molecule has 1 heterocycles. The Labute approximate surface area is 90.2 Å². The summed E-state index contributed by atoms with van der Waals surface area (Å²) in [5.41, 5.74) is 1.70. The van der Waals surface area contributed by atoms with Crippen LogP contribution >= 0.6 is 15.9 Å². The molecule has 0 amide bonds. The molecule has 14 heavy (non-hydrogen) atoms. The molecule has 0 atom stereocenters. The van der Waals surface area contributed by atoms with E-state index in [4.69, 9.17) is 9.15 Å². The van der Waals surface area contributed by atoms with Gasteiger partial charge in [0.15, 0.2) is 11.5 Å². The summed E-state index contributed by atoms with van der Waals surface area (Å²) in [5.74, 6) is 0.722. The molecule has 2 aromatic rings. The maximum atomic E-state index is 5.51. The second-order valence-corrected chi connectivity index (χ2v) is 3.88. The summed E-state index contributed by atoms with van der Waals surface area (Å²) in [6.07, 6.45) is 0.711. The number of hydrogen-bond acceptors (Lipinski definition) is 3. The minimum Gasteiger partial charge on any atom is -0.441 e. The highest BCUT2D eigenvalue weighted by Crippen LogP contribution is 2.20. The summed E-state index contributed by atoms with van der Waals surface area (Å²) >= 11 is 3.39. The highest BCUT2D eigenvalue weighted by atomic mass is 79.9. The number of aromatic nitrogens is 1. The van der Waals surface area contributed by atoms with Crippen LogP contribution in [-0.4, -0.2) is 18.7 Å². The fraction of sp³-hybridized carbons (Fsp3) is 0.300. The van der Waals surface area contributed by atoms with E-state index in [0.29, 0.717) is 13.0 Å². The minimum absolute atomic E-state index is 0.633. The number of nitrogens with zero attached hydrogens (tertiary/aromatic N) is 1. The Morgan fingerprint density at radius 2 is 2.36 bits per heavy atom. The number of oxazole rings is 1. The summed E-state index contributed by atoms with van der Waals surface area (Å²) in [6, 6.07) is 5.78.